The van der Waals surface area contributed by atoms with Crippen molar-refractivity contribution in [2.75, 3.05) is 26.1 Å². The molecular weight excluding hydrogens is 332 g/mol. The van der Waals surface area contributed by atoms with Crippen LogP contribution in [0.25, 0.3) is 10.9 Å². The number of hydrogen-bond donors (Lipinski definition) is 1. The second-order valence-corrected chi connectivity index (χ2v) is 5.49. The average Bonchev–Trinajstić information content (AvgIpc) is 2.68. The van der Waals surface area contributed by atoms with Crippen molar-refractivity contribution >= 4 is 28.2 Å². The van der Waals surface area contributed by atoms with Crippen molar-refractivity contribution < 1.29 is 19.0 Å². The molecule has 2 aromatic carbocycles. The monoisotopic (exact) mass is 352 g/mol. The summed E-state index contributed by atoms with van der Waals surface area (Å²) >= 11 is 0. The predicted molar refractivity (Wildman–Crippen MR) is 101 cm³/mol. The van der Waals surface area contributed by atoms with Gasteiger partial charge in [-0.3, -0.25) is 0 Å². The smallest absolute Gasteiger partial charge is 0.356 e. The third-order valence-electron chi connectivity index (χ3n) is 3.86. The summed E-state index contributed by atoms with van der Waals surface area (Å²) in [5, 5.41) is 4.17. The number of aromatic nitrogens is 1. The first-order chi connectivity index (χ1) is 12.7. The highest BCUT2D eigenvalue weighted by molar-refractivity contribution is 6.00. The molecule has 1 heterocycles. The van der Waals surface area contributed by atoms with Crippen molar-refractivity contribution in [2.24, 2.45) is 0 Å². The molecule has 0 atom stereocenters. The van der Waals surface area contributed by atoms with E-state index in [0.717, 1.165) is 22.5 Å². The van der Waals surface area contributed by atoms with Gasteiger partial charge >= 0.3 is 5.97 Å². The van der Waals surface area contributed by atoms with Crippen molar-refractivity contribution in [3.63, 3.8) is 0 Å². The molecule has 0 fully saturated rings. The topological polar surface area (TPSA) is 69.7 Å². The first kappa shape index (κ1) is 17.5. The van der Waals surface area contributed by atoms with Crippen LogP contribution in [0.1, 0.15) is 17.4 Å². The molecule has 0 spiro atoms. The molecule has 0 unspecified atom stereocenters. The molecule has 0 radical (unpaired) electrons. The molecule has 1 N–H and O–H groups in total. The Bertz CT molecular complexity index is 923. The second kappa shape index (κ2) is 7.74. The van der Waals surface area contributed by atoms with E-state index >= 15 is 0 Å². The Labute approximate surface area is 151 Å². The molecule has 1 aromatic heterocycles. The molecule has 0 saturated carbocycles. The number of para-hydroxylation sites is 1. The van der Waals surface area contributed by atoms with Crippen LogP contribution in [0.3, 0.4) is 0 Å². The molecule has 0 aliphatic carbocycles. The van der Waals surface area contributed by atoms with Crippen LogP contribution in [0.15, 0.2) is 48.5 Å². The van der Waals surface area contributed by atoms with Crippen LogP contribution < -0.4 is 14.8 Å². The number of nitrogens with zero attached hydrogens (tertiary/aromatic N) is 1. The standard InChI is InChI=1S/C20H20N2O4/c1-4-26-14-10-8-13(9-11-14)21-16-12-17(20(23)25-3)22-19-15(16)6-5-7-18(19)24-2/h5-12H,4H2,1-3H3,(H,21,22). The highest BCUT2D eigenvalue weighted by Crippen LogP contribution is 2.32. The molecule has 6 nitrogen and oxygen atoms in total. The van der Waals surface area contributed by atoms with Gasteiger partial charge in [-0.25, -0.2) is 9.78 Å². The van der Waals surface area contributed by atoms with Gasteiger partial charge in [0, 0.05) is 11.1 Å². The number of carbonyl (C=O) groups is 1. The van der Waals surface area contributed by atoms with Gasteiger partial charge in [-0.05, 0) is 43.3 Å². The number of esters is 1. The summed E-state index contributed by atoms with van der Waals surface area (Å²) in [5.41, 5.74) is 2.39. The average molecular weight is 352 g/mol. The molecule has 6 heteroatoms. The number of anilines is 2. The van der Waals surface area contributed by atoms with Crippen LogP contribution in [0.4, 0.5) is 11.4 Å². The molecule has 3 rings (SSSR count). The number of methoxy groups -OCH3 is 2. The van der Waals surface area contributed by atoms with Gasteiger partial charge in [0.2, 0.25) is 0 Å². The fraction of sp³-hybridized carbons (Fsp3) is 0.200. The highest BCUT2D eigenvalue weighted by atomic mass is 16.5. The Balaban J connectivity index is 2.06. The van der Waals surface area contributed by atoms with Gasteiger partial charge in [-0.15, -0.1) is 0 Å². The van der Waals surface area contributed by atoms with Gasteiger partial charge < -0.3 is 19.5 Å². The summed E-state index contributed by atoms with van der Waals surface area (Å²) in [6.07, 6.45) is 0. The molecule has 26 heavy (non-hydrogen) atoms. The van der Waals surface area contributed by atoms with E-state index in [0.29, 0.717) is 17.9 Å². The Morgan fingerprint density at radius 1 is 1.12 bits per heavy atom. The lowest BCUT2D eigenvalue weighted by Crippen LogP contribution is -2.06. The Morgan fingerprint density at radius 2 is 1.88 bits per heavy atom. The number of nitrogens with one attached hydrogen (secondary N) is 1. The van der Waals surface area contributed by atoms with E-state index in [1.165, 1.54) is 7.11 Å². The lowest BCUT2D eigenvalue weighted by molar-refractivity contribution is 0.0594. The number of rotatable bonds is 6. The van der Waals surface area contributed by atoms with Crippen LogP contribution >= 0.6 is 0 Å². The molecule has 0 aliphatic rings. The Kier molecular flexibility index (Phi) is 5.22. The van der Waals surface area contributed by atoms with Crippen molar-refractivity contribution in [1.29, 1.82) is 0 Å². The zero-order chi connectivity index (χ0) is 18.5. The number of benzene rings is 2. The maximum atomic E-state index is 12.0. The summed E-state index contributed by atoms with van der Waals surface area (Å²) in [5.74, 6) is 0.880. The van der Waals surface area contributed by atoms with Gasteiger partial charge in [0.15, 0.2) is 5.69 Å². The SMILES string of the molecule is CCOc1ccc(Nc2cc(C(=O)OC)nc3c(OC)cccc23)cc1. The lowest BCUT2D eigenvalue weighted by Gasteiger charge is -2.13. The van der Waals surface area contributed by atoms with Crippen molar-refractivity contribution in [3.8, 4) is 11.5 Å². The fourth-order valence-corrected chi connectivity index (χ4v) is 2.66. The van der Waals surface area contributed by atoms with E-state index < -0.39 is 5.97 Å². The number of ether oxygens (including phenoxy) is 3. The first-order valence-corrected chi connectivity index (χ1v) is 8.22. The Hall–Kier alpha value is -3.28. The zero-order valence-corrected chi connectivity index (χ0v) is 14.9. The zero-order valence-electron chi connectivity index (χ0n) is 14.9. The van der Waals surface area contributed by atoms with Crippen LogP contribution in [-0.2, 0) is 4.74 Å². The third kappa shape index (κ3) is 3.54. The van der Waals surface area contributed by atoms with Gasteiger partial charge in [0.05, 0.1) is 26.5 Å². The van der Waals surface area contributed by atoms with Crippen molar-refractivity contribution in [1.82, 2.24) is 4.98 Å². The minimum atomic E-state index is -0.507. The van der Waals surface area contributed by atoms with Crippen molar-refractivity contribution in [2.45, 2.75) is 6.92 Å². The number of hydrogen-bond acceptors (Lipinski definition) is 6. The molecule has 134 valence electrons. The molecule has 0 aliphatic heterocycles. The largest absolute Gasteiger partial charge is 0.494 e. The maximum Gasteiger partial charge on any atom is 0.356 e. The predicted octanol–water partition coefficient (Wildman–Crippen LogP) is 4.17. The summed E-state index contributed by atoms with van der Waals surface area (Å²) in [7, 11) is 2.90. The Morgan fingerprint density at radius 3 is 2.54 bits per heavy atom. The van der Waals surface area contributed by atoms with Crippen LogP contribution in [0, 0.1) is 0 Å². The second-order valence-electron chi connectivity index (χ2n) is 5.49. The lowest BCUT2D eigenvalue weighted by atomic mass is 10.1. The van der Waals surface area contributed by atoms with Gasteiger partial charge in [0.1, 0.15) is 17.0 Å². The quantitative estimate of drug-likeness (QED) is 0.672. The van der Waals surface area contributed by atoms with Crippen LogP contribution in [0.5, 0.6) is 11.5 Å². The summed E-state index contributed by atoms with van der Waals surface area (Å²) in [6.45, 7) is 2.56. The van der Waals surface area contributed by atoms with Gasteiger partial charge in [-0.1, -0.05) is 12.1 Å². The minimum absolute atomic E-state index is 0.206. The maximum absolute atomic E-state index is 12.0. The van der Waals surface area contributed by atoms with E-state index in [9.17, 15) is 4.79 Å². The number of pyridine rings is 1. The third-order valence-corrected chi connectivity index (χ3v) is 3.86. The van der Waals surface area contributed by atoms with E-state index in [1.807, 2.05) is 43.3 Å². The molecule has 0 saturated heterocycles. The fourth-order valence-electron chi connectivity index (χ4n) is 2.66. The minimum Gasteiger partial charge on any atom is -0.494 e. The van der Waals surface area contributed by atoms with Gasteiger partial charge in [-0.2, -0.15) is 0 Å². The number of carbonyl (C=O) groups excluding carboxylic acids is 1. The molecule has 0 amide bonds. The number of fused-ring (bicyclic) bond motifs is 1. The van der Waals surface area contributed by atoms with E-state index in [2.05, 4.69) is 10.3 Å². The van der Waals surface area contributed by atoms with Crippen LogP contribution in [0.2, 0.25) is 0 Å². The van der Waals surface area contributed by atoms with Crippen molar-refractivity contribution in [3.05, 3.63) is 54.2 Å². The van der Waals surface area contributed by atoms with Gasteiger partial charge in [0.25, 0.3) is 0 Å². The van der Waals surface area contributed by atoms with Crippen LogP contribution in [-0.4, -0.2) is 31.8 Å². The summed E-state index contributed by atoms with van der Waals surface area (Å²) < 4.78 is 15.7. The van der Waals surface area contributed by atoms with E-state index in [-0.39, 0.29) is 5.69 Å². The summed E-state index contributed by atoms with van der Waals surface area (Å²) in [6, 6.07) is 14.9. The normalized spacial score (nSPS) is 10.4. The van der Waals surface area contributed by atoms with E-state index in [4.69, 9.17) is 14.2 Å². The highest BCUT2D eigenvalue weighted by Gasteiger charge is 2.15. The summed E-state index contributed by atoms with van der Waals surface area (Å²) in [4.78, 5) is 16.4. The molecule has 3 aromatic rings. The molecular formula is C20H20N2O4. The molecule has 0 bridgehead atoms. The first-order valence-electron chi connectivity index (χ1n) is 8.22. The van der Waals surface area contributed by atoms with E-state index in [1.54, 1.807) is 19.2 Å².